The highest BCUT2D eigenvalue weighted by Crippen LogP contribution is 2.10. The molecular formula is C14H15NO2S. The van der Waals surface area contributed by atoms with Gasteiger partial charge in [0.25, 0.3) is 5.91 Å². The Morgan fingerprint density at radius 1 is 1.28 bits per heavy atom. The largest absolute Gasteiger partial charge is 0.492 e. The lowest BCUT2D eigenvalue weighted by Gasteiger charge is -2.07. The molecule has 1 heterocycles. The first-order valence-electron chi connectivity index (χ1n) is 5.75. The van der Waals surface area contributed by atoms with Gasteiger partial charge in [-0.25, -0.2) is 0 Å². The number of rotatable bonds is 5. The van der Waals surface area contributed by atoms with Crippen molar-refractivity contribution in [3.8, 4) is 5.75 Å². The lowest BCUT2D eigenvalue weighted by Crippen LogP contribution is -2.27. The van der Waals surface area contributed by atoms with Crippen LogP contribution in [0.3, 0.4) is 0 Å². The van der Waals surface area contributed by atoms with Crippen LogP contribution in [0.2, 0.25) is 0 Å². The van der Waals surface area contributed by atoms with E-state index in [4.69, 9.17) is 4.74 Å². The first kappa shape index (κ1) is 12.6. The Hall–Kier alpha value is -1.81. The van der Waals surface area contributed by atoms with Gasteiger partial charge in [-0.2, -0.15) is 11.3 Å². The number of carbonyl (C=O) groups excluding carboxylic acids is 1. The van der Waals surface area contributed by atoms with Gasteiger partial charge in [0.15, 0.2) is 0 Å². The molecular weight excluding hydrogens is 246 g/mol. The minimum absolute atomic E-state index is 0.0521. The molecule has 0 spiro atoms. The molecule has 94 valence electrons. The summed E-state index contributed by atoms with van der Waals surface area (Å²) >= 11 is 1.51. The monoisotopic (exact) mass is 261 g/mol. The normalized spacial score (nSPS) is 10.1. The van der Waals surface area contributed by atoms with E-state index in [9.17, 15) is 4.79 Å². The number of ether oxygens (including phenoxy) is 1. The van der Waals surface area contributed by atoms with Crippen molar-refractivity contribution in [1.82, 2.24) is 5.32 Å². The Bertz CT molecular complexity index is 491. The third-order valence-electron chi connectivity index (χ3n) is 2.46. The van der Waals surface area contributed by atoms with Crippen molar-refractivity contribution in [1.29, 1.82) is 0 Å². The lowest BCUT2D eigenvalue weighted by atomic mass is 10.2. The molecule has 2 aromatic rings. The summed E-state index contributed by atoms with van der Waals surface area (Å²) in [6.07, 6.45) is 0. The fraction of sp³-hybridized carbons (Fsp3) is 0.214. The van der Waals surface area contributed by atoms with Crippen molar-refractivity contribution in [3.63, 3.8) is 0 Å². The second-order valence-electron chi connectivity index (χ2n) is 3.93. The predicted octanol–water partition coefficient (Wildman–Crippen LogP) is 2.87. The topological polar surface area (TPSA) is 38.3 Å². The summed E-state index contributed by atoms with van der Waals surface area (Å²) in [5.41, 5.74) is 1.91. The van der Waals surface area contributed by atoms with Crippen LogP contribution in [-0.4, -0.2) is 19.1 Å². The van der Waals surface area contributed by atoms with Crippen molar-refractivity contribution in [2.45, 2.75) is 6.92 Å². The van der Waals surface area contributed by atoms with E-state index in [-0.39, 0.29) is 5.91 Å². The number of amides is 1. The van der Waals surface area contributed by atoms with Crippen LogP contribution in [-0.2, 0) is 0 Å². The van der Waals surface area contributed by atoms with Gasteiger partial charge in [0.1, 0.15) is 12.4 Å². The molecule has 3 nitrogen and oxygen atoms in total. The molecule has 0 bridgehead atoms. The van der Waals surface area contributed by atoms with Crippen LogP contribution in [0.5, 0.6) is 5.75 Å². The summed E-state index contributed by atoms with van der Waals surface area (Å²) in [6.45, 7) is 3.01. The van der Waals surface area contributed by atoms with Crippen molar-refractivity contribution in [3.05, 3.63) is 52.2 Å². The molecule has 1 N–H and O–H groups in total. The van der Waals surface area contributed by atoms with Gasteiger partial charge >= 0.3 is 0 Å². The molecule has 0 radical (unpaired) electrons. The molecule has 0 saturated carbocycles. The average molecular weight is 261 g/mol. The number of hydrogen-bond donors (Lipinski definition) is 1. The summed E-state index contributed by atoms with van der Waals surface area (Å²) in [6, 6.07) is 9.66. The molecule has 2 rings (SSSR count). The van der Waals surface area contributed by atoms with E-state index < -0.39 is 0 Å². The second kappa shape index (κ2) is 6.21. The van der Waals surface area contributed by atoms with Crippen LogP contribution in [0, 0.1) is 6.92 Å². The van der Waals surface area contributed by atoms with Crippen molar-refractivity contribution < 1.29 is 9.53 Å². The van der Waals surface area contributed by atoms with Crippen LogP contribution >= 0.6 is 11.3 Å². The molecule has 0 fully saturated rings. The van der Waals surface area contributed by atoms with Crippen molar-refractivity contribution in [2.75, 3.05) is 13.2 Å². The van der Waals surface area contributed by atoms with Crippen LogP contribution in [0.15, 0.2) is 41.1 Å². The van der Waals surface area contributed by atoms with Gasteiger partial charge in [0.05, 0.1) is 6.54 Å². The molecule has 0 aliphatic heterocycles. The molecule has 0 unspecified atom stereocenters. The Morgan fingerprint density at radius 3 is 2.72 bits per heavy atom. The second-order valence-corrected chi connectivity index (χ2v) is 4.71. The fourth-order valence-electron chi connectivity index (χ4n) is 1.46. The van der Waals surface area contributed by atoms with Gasteiger partial charge in [-0.15, -0.1) is 0 Å². The number of carbonyl (C=O) groups is 1. The first-order chi connectivity index (χ1) is 8.75. The zero-order chi connectivity index (χ0) is 12.8. The molecule has 0 aliphatic carbocycles. The van der Waals surface area contributed by atoms with Gasteiger partial charge < -0.3 is 10.1 Å². The predicted molar refractivity (Wildman–Crippen MR) is 73.3 cm³/mol. The standard InChI is InChI=1S/C14H15NO2S/c1-11-2-4-13(5-3-11)17-8-7-15-14(16)12-6-9-18-10-12/h2-6,9-10H,7-8H2,1H3,(H,15,16). The van der Waals surface area contributed by atoms with E-state index in [1.54, 1.807) is 6.07 Å². The molecule has 4 heteroatoms. The van der Waals surface area contributed by atoms with Crippen LogP contribution in [0.1, 0.15) is 15.9 Å². The van der Waals surface area contributed by atoms with E-state index in [1.165, 1.54) is 16.9 Å². The molecule has 0 aliphatic rings. The summed E-state index contributed by atoms with van der Waals surface area (Å²) < 4.78 is 5.52. The Balaban J connectivity index is 1.70. The molecule has 1 aromatic heterocycles. The van der Waals surface area contributed by atoms with Gasteiger partial charge in [0.2, 0.25) is 0 Å². The van der Waals surface area contributed by atoms with Crippen molar-refractivity contribution in [2.24, 2.45) is 0 Å². The Kier molecular flexibility index (Phi) is 4.36. The van der Waals surface area contributed by atoms with E-state index >= 15 is 0 Å². The van der Waals surface area contributed by atoms with Gasteiger partial charge in [-0.05, 0) is 30.5 Å². The molecule has 1 amide bonds. The minimum Gasteiger partial charge on any atom is -0.492 e. The maximum Gasteiger partial charge on any atom is 0.252 e. The third kappa shape index (κ3) is 3.60. The number of thiophene rings is 1. The Labute approximate surface area is 110 Å². The van der Waals surface area contributed by atoms with E-state index in [0.29, 0.717) is 18.7 Å². The van der Waals surface area contributed by atoms with Gasteiger partial charge in [-0.1, -0.05) is 17.7 Å². The Morgan fingerprint density at radius 2 is 2.06 bits per heavy atom. The molecule has 0 atom stereocenters. The van der Waals surface area contributed by atoms with Crippen LogP contribution < -0.4 is 10.1 Å². The highest BCUT2D eigenvalue weighted by Gasteiger charge is 2.04. The fourth-order valence-corrected chi connectivity index (χ4v) is 2.10. The van der Waals surface area contributed by atoms with Crippen LogP contribution in [0.4, 0.5) is 0 Å². The van der Waals surface area contributed by atoms with Crippen LogP contribution in [0.25, 0.3) is 0 Å². The summed E-state index contributed by atoms with van der Waals surface area (Å²) in [4.78, 5) is 11.6. The number of hydrogen-bond acceptors (Lipinski definition) is 3. The number of nitrogens with one attached hydrogen (secondary N) is 1. The first-order valence-corrected chi connectivity index (χ1v) is 6.70. The van der Waals surface area contributed by atoms with E-state index in [2.05, 4.69) is 5.32 Å². The summed E-state index contributed by atoms with van der Waals surface area (Å²) in [5.74, 6) is 0.772. The average Bonchev–Trinajstić information content (AvgIpc) is 2.90. The highest BCUT2D eigenvalue weighted by molar-refractivity contribution is 7.08. The minimum atomic E-state index is -0.0521. The SMILES string of the molecule is Cc1ccc(OCCNC(=O)c2ccsc2)cc1. The van der Waals surface area contributed by atoms with E-state index in [1.807, 2.05) is 41.9 Å². The highest BCUT2D eigenvalue weighted by atomic mass is 32.1. The molecule has 18 heavy (non-hydrogen) atoms. The zero-order valence-corrected chi connectivity index (χ0v) is 11.0. The van der Waals surface area contributed by atoms with Gasteiger partial charge in [0, 0.05) is 10.9 Å². The van der Waals surface area contributed by atoms with Gasteiger partial charge in [-0.3, -0.25) is 4.79 Å². The maximum absolute atomic E-state index is 11.6. The van der Waals surface area contributed by atoms with Crippen molar-refractivity contribution >= 4 is 17.2 Å². The zero-order valence-electron chi connectivity index (χ0n) is 10.2. The molecule has 0 saturated heterocycles. The van der Waals surface area contributed by atoms with E-state index in [0.717, 1.165) is 5.75 Å². The lowest BCUT2D eigenvalue weighted by molar-refractivity contribution is 0.0947. The third-order valence-corrected chi connectivity index (χ3v) is 3.14. The quantitative estimate of drug-likeness (QED) is 0.840. The smallest absolute Gasteiger partial charge is 0.252 e. The molecule has 1 aromatic carbocycles. The maximum atomic E-state index is 11.6. The number of benzene rings is 1. The number of aryl methyl sites for hydroxylation is 1. The summed E-state index contributed by atoms with van der Waals surface area (Å²) in [7, 11) is 0. The summed E-state index contributed by atoms with van der Waals surface area (Å²) in [5, 5.41) is 6.53.